The van der Waals surface area contributed by atoms with Crippen molar-refractivity contribution in [1.29, 1.82) is 0 Å². The van der Waals surface area contributed by atoms with Gasteiger partial charge in [0.15, 0.2) is 11.5 Å². The van der Waals surface area contributed by atoms with Gasteiger partial charge in [-0.3, -0.25) is 0 Å². The first kappa shape index (κ1) is 13.5. The van der Waals surface area contributed by atoms with Crippen LogP contribution >= 0.6 is 46.4 Å². The van der Waals surface area contributed by atoms with Gasteiger partial charge in [-0.15, -0.1) is 0 Å². The first-order chi connectivity index (χ1) is 8.29. The summed E-state index contributed by atoms with van der Waals surface area (Å²) in [7, 11) is 0. The molecule has 0 aliphatic rings. The maximum absolute atomic E-state index is 9.70. The minimum absolute atomic E-state index is 0.0366. The van der Waals surface area contributed by atoms with Crippen LogP contribution in [0.4, 0.5) is 11.4 Å². The number of benzene rings is 2. The highest BCUT2D eigenvalue weighted by molar-refractivity contribution is 6.52. The summed E-state index contributed by atoms with van der Waals surface area (Å²) in [6.07, 6.45) is 0. The molecule has 4 nitrogen and oxygen atoms in total. The van der Waals surface area contributed by atoms with Crippen LogP contribution in [-0.2, 0) is 0 Å². The molecular weight excluding hydrogens is 322 g/mol. The monoisotopic (exact) mass is 326 g/mol. The molecule has 2 aromatic rings. The lowest BCUT2D eigenvalue weighted by Crippen LogP contribution is -1.95. The molecule has 0 spiro atoms. The summed E-state index contributed by atoms with van der Waals surface area (Å²) in [6, 6.07) is 0. The van der Waals surface area contributed by atoms with E-state index in [1.165, 1.54) is 0 Å². The van der Waals surface area contributed by atoms with E-state index in [0.29, 0.717) is 0 Å². The molecule has 0 bridgehead atoms. The number of aromatic hydroxyl groups is 2. The fourth-order valence-electron chi connectivity index (χ4n) is 1.58. The molecule has 0 saturated heterocycles. The smallest absolute Gasteiger partial charge is 0.159 e. The molecule has 0 heterocycles. The zero-order valence-electron chi connectivity index (χ0n) is 8.56. The van der Waals surface area contributed by atoms with Gasteiger partial charge in [0.05, 0.1) is 31.5 Å². The van der Waals surface area contributed by atoms with Crippen molar-refractivity contribution in [1.82, 2.24) is 0 Å². The molecule has 18 heavy (non-hydrogen) atoms. The first-order valence-electron chi connectivity index (χ1n) is 4.53. The van der Waals surface area contributed by atoms with Gasteiger partial charge in [-0.25, -0.2) is 0 Å². The van der Waals surface area contributed by atoms with E-state index >= 15 is 0 Å². The third-order valence-corrected chi connectivity index (χ3v) is 4.05. The topological polar surface area (TPSA) is 92.5 Å². The molecule has 2 rings (SSSR count). The van der Waals surface area contributed by atoms with Gasteiger partial charge in [0, 0.05) is 10.8 Å². The number of hydrogen-bond donors (Lipinski definition) is 4. The van der Waals surface area contributed by atoms with Gasteiger partial charge in [0.25, 0.3) is 0 Å². The number of phenols is 2. The second-order valence-electron chi connectivity index (χ2n) is 3.53. The number of halogens is 4. The summed E-state index contributed by atoms with van der Waals surface area (Å²) >= 11 is 23.8. The van der Waals surface area contributed by atoms with Gasteiger partial charge in [0.1, 0.15) is 0 Å². The molecule has 0 fully saturated rings. The summed E-state index contributed by atoms with van der Waals surface area (Å²) < 4.78 is 0. The van der Waals surface area contributed by atoms with Gasteiger partial charge in [0.2, 0.25) is 0 Å². The van der Waals surface area contributed by atoms with Crippen LogP contribution in [0, 0.1) is 0 Å². The Bertz CT molecular complexity index is 575. The number of hydrogen-bond acceptors (Lipinski definition) is 4. The van der Waals surface area contributed by atoms with Crippen LogP contribution in [0.25, 0.3) is 10.8 Å². The highest BCUT2D eigenvalue weighted by Crippen LogP contribution is 2.52. The second-order valence-corrected chi connectivity index (χ2v) is 5.04. The van der Waals surface area contributed by atoms with Crippen molar-refractivity contribution in [2.24, 2.45) is 0 Å². The fourth-order valence-corrected chi connectivity index (χ4v) is 2.82. The molecule has 0 atom stereocenters. The van der Waals surface area contributed by atoms with E-state index in [4.69, 9.17) is 57.9 Å². The standard InChI is InChI=1S/C10H6Cl4N2O2/c11-3-1-2(5(13)9(17)7(3)15)6(14)10(18)8(16)4(1)12/h17-18H,15-16H2. The van der Waals surface area contributed by atoms with E-state index in [9.17, 15) is 10.2 Å². The predicted molar refractivity (Wildman–Crippen MR) is 76.1 cm³/mol. The number of rotatable bonds is 0. The Morgan fingerprint density at radius 1 is 0.611 bits per heavy atom. The SMILES string of the molecule is Nc1c(O)c(Cl)c2c(Cl)c(O)c(N)c(Cl)c2c1Cl. The van der Waals surface area contributed by atoms with E-state index < -0.39 is 11.5 Å². The number of nitrogen functional groups attached to an aromatic ring is 2. The molecule has 0 aromatic heterocycles. The summed E-state index contributed by atoms with van der Waals surface area (Å²) in [5.74, 6) is -0.868. The van der Waals surface area contributed by atoms with Crippen molar-refractivity contribution in [3.63, 3.8) is 0 Å². The average Bonchev–Trinajstić information content (AvgIpc) is 2.35. The second kappa shape index (κ2) is 4.31. The molecule has 0 unspecified atom stereocenters. The van der Waals surface area contributed by atoms with Gasteiger partial charge in [-0.2, -0.15) is 0 Å². The van der Waals surface area contributed by atoms with Crippen LogP contribution < -0.4 is 11.5 Å². The van der Waals surface area contributed by atoms with Crippen LogP contribution in [-0.4, -0.2) is 10.2 Å². The first-order valence-corrected chi connectivity index (χ1v) is 6.04. The van der Waals surface area contributed by atoms with E-state index in [-0.39, 0.29) is 42.2 Å². The Kier molecular flexibility index (Phi) is 3.23. The molecule has 8 heteroatoms. The van der Waals surface area contributed by atoms with Crippen LogP contribution in [0.3, 0.4) is 0 Å². The van der Waals surface area contributed by atoms with Crippen LogP contribution in [0.5, 0.6) is 11.5 Å². The molecule has 0 radical (unpaired) electrons. The van der Waals surface area contributed by atoms with Gasteiger partial charge < -0.3 is 21.7 Å². The van der Waals surface area contributed by atoms with Crippen molar-refractivity contribution >= 4 is 68.6 Å². The summed E-state index contributed by atoms with van der Waals surface area (Å²) in [5.41, 5.74) is 10.9. The molecule has 0 amide bonds. The lowest BCUT2D eigenvalue weighted by molar-refractivity contribution is 0.477. The molecule has 6 N–H and O–H groups in total. The lowest BCUT2D eigenvalue weighted by Gasteiger charge is -2.15. The Morgan fingerprint density at radius 2 is 0.889 bits per heavy atom. The molecule has 0 aliphatic carbocycles. The number of phenolic OH excluding ortho intramolecular Hbond substituents is 2. The maximum atomic E-state index is 9.70. The van der Waals surface area contributed by atoms with E-state index in [1.54, 1.807) is 0 Å². The normalized spacial score (nSPS) is 11.1. The largest absolute Gasteiger partial charge is 0.504 e. The maximum Gasteiger partial charge on any atom is 0.159 e. The molecule has 96 valence electrons. The minimum Gasteiger partial charge on any atom is -0.504 e. The van der Waals surface area contributed by atoms with Crippen molar-refractivity contribution in [3.05, 3.63) is 20.1 Å². The fraction of sp³-hybridized carbons (Fsp3) is 0. The Labute approximate surface area is 122 Å². The van der Waals surface area contributed by atoms with Crippen LogP contribution in [0.2, 0.25) is 20.1 Å². The Balaban J connectivity index is 3.22. The zero-order valence-corrected chi connectivity index (χ0v) is 11.6. The van der Waals surface area contributed by atoms with Crippen molar-refractivity contribution < 1.29 is 10.2 Å². The van der Waals surface area contributed by atoms with Gasteiger partial charge in [-0.05, 0) is 0 Å². The van der Waals surface area contributed by atoms with E-state index in [0.717, 1.165) is 0 Å². The third kappa shape index (κ3) is 1.61. The third-order valence-electron chi connectivity index (χ3n) is 2.53. The molecule has 0 saturated carbocycles. The summed E-state index contributed by atoms with van der Waals surface area (Å²) in [6.45, 7) is 0. The number of fused-ring (bicyclic) bond motifs is 1. The van der Waals surface area contributed by atoms with Crippen molar-refractivity contribution in [2.45, 2.75) is 0 Å². The van der Waals surface area contributed by atoms with Crippen LogP contribution in [0.15, 0.2) is 0 Å². The Morgan fingerprint density at radius 3 is 1.22 bits per heavy atom. The van der Waals surface area contributed by atoms with Crippen molar-refractivity contribution in [3.8, 4) is 11.5 Å². The predicted octanol–water partition coefficient (Wildman–Crippen LogP) is 4.03. The lowest BCUT2D eigenvalue weighted by atomic mass is 10.1. The van der Waals surface area contributed by atoms with Gasteiger partial charge in [-0.1, -0.05) is 46.4 Å². The van der Waals surface area contributed by atoms with E-state index in [1.807, 2.05) is 0 Å². The molecule has 0 aliphatic heterocycles. The minimum atomic E-state index is -0.434. The zero-order chi connectivity index (χ0) is 13.8. The molecular formula is C10H6Cl4N2O2. The van der Waals surface area contributed by atoms with Crippen LogP contribution in [0.1, 0.15) is 0 Å². The number of anilines is 2. The Hall–Kier alpha value is -0.940. The highest BCUT2D eigenvalue weighted by atomic mass is 35.5. The molecule has 2 aromatic carbocycles. The average molecular weight is 328 g/mol. The summed E-state index contributed by atoms with van der Waals surface area (Å²) in [5, 5.41) is 19.3. The van der Waals surface area contributed by atoms with E-state index in [2.05, 4.69) is 0 Å². The quantitative estimate of drug-likeness (QED) is 0.434. The highest BCUT2D eigenvalue weighted by Gasteiger charge is 2.24. The number of nitrogens with two attached hydrogens (primary N) is 2. The summed E-state index contributed by atoms with van der Waals surface area (Å²) in [4.78, 5) is 0. The van der Waals surface area contributed by atoms with Crippen molar-refractivity contribution in [2.75, 3.05) is 11.5 Å². The van der Waals surface area contributed by atoms with Gasteiger partial charge >= 0.3 is 0 Å².